The maximum atomic E-state index is 12.6. The molecule has 2 aliphatic carbocycles. The Morgan fingerprint density at radius 1 is 0.947 bits per heavy atom. The molecular formula is C16H17NO2. The van der Waals surface area contributed by atoms with Gasteiger partial charge in [0.25, 0.3) is 0 Å². The summed E-state index contributed by atoms with van der Waals surface area (Å²) < 4.78 is 0. The van der Waals surface area contributed by atoms with Crippen LogP contribution in [0.25, 0.3) is 0 Å². The number of carbonyl (C=O) groups is 2. The Morgan fingerprint density at radius 3 is 2.00 bits per heavy atom. The normalized spacial score (nSPS) is 36.2. The summed E-state index contributed by atoms with van der Waals surface area (Å²) in [6.45, 7) is 2.01. The van der Waals surface area contributed by atoms with Crippen LogP contribution in [0.4, 0.5) is 5.69 Å². The molecule has 3 nitrogen and oxygen atoms in total. The minimum Gasteiger partial charge on any atom is -0.274 e. The molecule has 0 N–H and O–H groups in total. The van der Waals surface area contributed by atoms with Gasteiger partial charge in [-0.1, -0.05) is 17.7 Å². The third kappa shape index (κ3) is 1.38. The number of hydrogen-bond donors (Lipinski definition) is 0. The second-order valence-corrected chi connectivity index (χ2v) is 6.23. The van der Waals surface area contributed by atoms with Gasteiger partial charge in [-0.15, -0.1) is 0 Å². The van der Waals surface area contributed by atoms with Gasteiger partial charge >= 0.3 is 0 Å². The Labute approximate surface area is 112 Å². The lowest BCUT2D eigenvalue weighted by atomic mass is 9.81. The van der Waals surface area contributed by atoms with Crippen molar-refractivity contribution in [1.82, 2.24) is 0 Å². The van der Waals surface area contributed by atoms with Crippen LogP contribution in [0.15, 0.2) is 24.3 Å². The minimum atomic E-state index is -0.0208. The zero-order valence-corrected chi connectivity index (χ0v) is 11.0. The minimum absolute atomic E-state index is 0.0208. The fourth-order valence-electron chi connectivity index (χ4n) is 4.36. The fraction of sp³-hybridized carbons (Fsp3) is 0.500. The molecule has 98 valence electrons. The summed E-state index contributed by atoms with van der Waals surface area (Å²) in [5.74, 6) is 0.973. The summed E-state index contributed by atoms with van der Waals surface area (Å²) >= 11 is 0. The number of anilines is 1. The topological polar surface area (TPSA) is 37.4 Å². The molecule has 3 heteroatoms. The Bertz CT molecular complexity index is 535. The molecular weight excluding hydrogens is 238 g/mol. The van der Waals surface area contributed by atoms with Crippen molar-refractivity contribution >= 4 is 17.5 Å². The predicted molar refractivity (Wildman–Crippen MR) is 71.5 cm³/mol. The zero-order chi connectivity index (χ0) is 13.1. The van der Waals surface area contributed by atoms with Gasteiger partial charge < -0.3 is 0 Å². The van der Waals surface area contributed by atoms with E-state index in [-0.39, 0.29) is 23.7 Å². The Kier molecular flexibility index (Phi) is 2.17. The van der Waals surface area contributed by atoms with E-state index in [2.05, 4.69) is 0 Å². The molecule has 1 heterocycles. The van der Waals surface area contributed by atoms with Crippen LogP contribution in [0, 0.1) is 30.6 Å². The number of imide groups is 1. The monoisotopic (exact) mass is 255 g/mol. The molecule has 2 saturated carbocycles. The number of amides is 2. The third-order valence-corrected chi connectivity index (χ3v) is 5.22. The van der Waals surface area contributed by atoms with E-state index in [4.69, 9.17) is 0 Å². The number of benzene rings is 1. The highest BCUT2D eigenvalue weighted by atomic mass is 16.2. The first kappa shape index (κ1) is 11.2. The van der Waals surface area contributed by atoms with E-state index in [0.29, 0.717) is 11.8 Å². The summed E-state index contributed by atoms with van der Waals surface area (Å²) in [4.78, 5) is 26.6. The molecule has 0 radical (unpaired) electrons. The summed E-state index contributed by atoms with van der Waals surface area (Å²) in [6.07, 6.45) is 3.35. The fourth-order valence-corrected chi connectivity index (χ4v) is 4.36. The molecule has 3 aliphatic rings. The van der Waals surface area contributed by atoms with E-state index < -0.39 is 0 Å². The average molecular weight is 255 g/mol. The van der Waals surface area contributed by atoms with Crippen LogP contribution in [0.2, 0.25) is 0 Å². The third-order valence-electron chi connectivity index (χ3n) is 5.22. The van der Waals surface area contributed by atoms with Crippen LogP contribution in [-0.4, -0.2) is 11.8 Å². The van der Waals surface area contributed by atoms with E-state index in [0.717, 1.165) is 30.5 Å². The first-order chi connectivity index (χ1) is 9.16. The van der Waals surface area contributed by atoms with Gasteiger partial charge in [-0.3, -0.25) is 14.5 Å². The van der Waals surface area contributed by atoms with Crippen LogP contribution in [0.5, 0.6) is 0 Å². The standard InChI is InChI=1S/C16H17NO2/c1-9-2-6-12(7-3-9)17-15(18)13-10-4-5-11(8-10)14(13)16(17)19/h2-3,6-7,10-11,13-14H,4-5,8H2,1H3/t10-,11+,13-,14+. The van der Waals surface area contributed by atoms with Crippen LogP contribution >= 0.6 is 0 Å². The lowest BCUT2D eigenvalue weighted by molar-refractivity contribution is -0.123. The van der Waals surface area contributed by atoms with Gasteiger partial charge in [0.15, 0.2) is 0 Å². The first-order valence-electron chi connectivity index (χ1n) is 7.11. The van der Waals surface area contributed by atoms with Crippen molar-refractivity contribution in [3.63, 3.8) is 0 Å². The summed E-state index contributed by atoms with van der Waals surface area (Å²) in [7, 11) is 0. The van der Waals surface area contributed by atoms with Crippen LogP contribution in [-0.2, 0) is 9.59 Å². The van der Waals surface area contributed by atoms with Crippen molar-refractivity contribution in [3.8, 4) is 0 Å². The van der Waals surface area contributed by atoms with E-state index in [1.165, 1.54) is 4.90 Å². The molecule has 1 saturated heterocycles. The number of rotatable bonds is 1. The average Bonchev–Trinajstić information content (AvgIpc) is 3.06. The molecule has 1 aliphatic heterocycles. The second-order valence-electron chi connectivity index (χ2n) is 6.23. The summed E-state index contributed by atoms with van der Waals surface area (Å²) in [6, 6.07) is 7.68. The van der Waals surface area contributed by atoms with E-state index in [9.17, 15) is 9.59 Å². The van der Waals surface area contributed by atoms with Crippen molar-refractivity contribution in [2.45, 2.75) is 26.2 Å². The smallest absolute Gasteiger partial charge is 0.237 e. The van der Waals surface area contributed by atoms with Gasteiger partial charge in [-0.2, -0.15) is 0 Å². The van der Waals surface area contributed by atoms with Gasteiger partial charge in [0.1, 0.15) is 0 Å². The van der Waals surface area contributed by atoms with Gasteiger partial charge in [0.05, 0.1) is 17.5 Å². The van der Waals surface area contributed by atoms with Gasteiger partial charge in [-0.05, 0) is 50.2 Å². The molecule has 2 bridgehead atoms. The van der Waals surface area contributed by atoms with Crippen LogP contribution < -0.4 is 4.90 Å². The maximum Gasteiger partial charge on any atom is 0.237 e. The van der Waals surface area contributed by atoms with Crippen molar-refractivity contribution in [1.29, 1.82) is 0 Å². The summed E-state index contributed by atoms with van der Waals surface area (Å²) in [5, 5.41) is 0. The Balaban J connectivity index is 1.73. The lowest BCUT2D eigenvalue weighted by Crippen LogP contribution is -2.32. The SMILES string of the molecule is Cc1ccc(N2C(=O)[C@@H]3[C@@H]4CC[C@@H](C4)[C@@H]3C2=O)cc1. The Morgan fingerprint density at radius 2 is 1.47 bits per heavy atom. The van der Waals surface area contributed by atoms with Crippen molar-refractivity contribution in [2.24, 2.45) is 23.7 Å². The number of carbonyl (C=O) groups excluding carboxylic acids is 2. The summed E-state index contributed by atoms with van der Waals surface area (Å²) in [5.41, 5.74) is 1.89. The molecule has 4 atom stereocenters. The van der Waals surface area contributed by atoms with E-state index >= 15 is 0 Å². The molecule has 3 fully saturated rings. The number of fused-ring (bicyclic) bond motifs is 5. The molecule has 0 spiro atoms. The predicted octanol–water partition coefficient (Wildman–Crippen LogP) is 2.53. The number of nitrogens with zero attached hydrogens (tertiary/aromatic N) is 1. The van der Waals surface area contributed by atoms with Gasteiger partial charge in [0, 0.05) is 0 Å². The molecule has 1 aromatic carbocycles. The molecule has 0 aromatic heterocycles. The maximum absolute atomic E-state index is 12.6. The van der Waals surface area contributed by atoms with Crippen LogP contribution in [0.1, 0.15) is 24.8 Å². The van der Waals surface area contributed by atoms with Crippen molar-refractivity contribution in [3.05, 3.63) is 29.8 Å². The molecule has 2 amide bonds. The number of aryl methyl sites for hydroxylation is 1. The first-order valence-corrected chi connectivity index (χ1v) is 7.11. The van der Waals surface area contributed by atoms with E-state index in [1.54, 1.807) is 0 Å². The van der Waals surface area contributed by atoms with Gasteiger partial charge in [0.2, 0.25) is 11.8 Å². The largest absolute Gasteiger partial charge is 0.274 e. The highest BCUT2D eigenvalue weighted by Crippen LogP contribution is 2.56. The van der Waals surface area contributed by atoms with Crippen LogP contribution in [0.3, 0.4) is 0 Å². The van der Waals surface area contributed by atoms with Gasteiger partial charge in [-0.25, -0.2) is 0 Å². The quantitative estimate of drug-likeness (QED) is 0.723. The molecule has 19 heavy (non-hydrogen) atoms. The van der Waals surface area contributed by atoms with E-state index in [1.807, 2.05) is 31.2 Å². The zero-order valence-electron chi connectivity index (χ0n) is 11.0. The number of hydrogen-bond acceptors (Lipinski definition) is 2. The van der Waals surface area contributed by atoms with Crippen molar-refractivity contribution in [2.75, 3.05) is 4.90 Å². The second kappa shape index (κ2) is 3.69. The molecule has 1 aromatic rings. The van der Waals surface area contributed by atoms with Crippen molar-refractivity contribution < 1.29 is 9.59 Å². The molecule has 0 unspecified atom stereocenters. The Hall–Kier alpha value is -1.64. The highest BCUT2D eigenvalue weighted by molar-refractivity contribution is 6.22. The molecule has 4 rings (SSSR count). The highest BCUT2D eigenvalue weighted by Gasteiger charge is 2.61. The lowest BCUT2D eigenvalue weighted by Gasteiger charge is -2.19.